The molecule has 0 aliphatic heterocycles. The Morgan fingerprint density at radius 1 is 1.05 bits per heavy atom. The molecule has 1 aromatic rings. The van der Waals surface area contributed by atoms with Gasteiger partial charge in [0.05, 0.1) is 5.92 Å². The highest BCUT2D eigenvalue weighted by Crippen LogP contribution is 2.18. The highest BCUT2D eigenvalue weighted by atomic mass is 16.4. The monoisotopic (exact) mass is 267 g/mol. The van der Waals surface area contributed by atoms with E-state index in [-0.39, 0.29) is 25.0 Å². The maximum Gasteiger partial charge on any atom is 0.320 e. The fourth-order valence-corrected chi connectivity index (χ4v) is 1.73. The number of hydrogen-bond donors (Lipinski definition) is 4. The van der Waals surface area contributed by atoms with Gasteiger partial charge in [0.25, 0.3) is 0 Å². The number of carbonyl (C=O) groups is 2. The SMILES string of the molecule is NC(CCC(Cc1ccc(O)cc1)C(=O)O)C(=O)O. The van der Waals surface area contributed by atoms with Crippen LogP contribution in [0.2, 0.25) is 0 Å². The molecule has 2 atom stereocenters. The van der Waals surface area contributed by atoms with Crippen LogP contribution in [-0.2, 0) is 16.0 Å². The first-order valence-corrected chi connectivity index (χ1v) is 5.89. The summed E-state index contributed by atoms with van der Waals surface area (Å²) in [6, 6.07) is 5.21. The van der Waals surface area contributed by atoms with Crippen molar-refractivity contribution in [3.05, 3.63) is 29.8 Å². The van der Waals surface area contributed by atoms with Crippen molar-refractivity contribution in [2.45, 2.75) is 25.3 Å². The van der Waals surface area contributed by atoms with E-state index in [0.29, 0.717) is 0 Å². The van der Waals surface area contributed by atoms with Crippen LogP contribution in [0.3, 0.4) is 0 Å². The third-order valence-electron chi connectivity index (χ3n) is 2.91. The van der Waals surface area contributed by atoms with Gasteiger partial charge in [-0.2, -0.15) is 0 Å². The van der Waals surface area contributed by atoms with E-state index in [1.54, 1.807) is 12.1 Å². The lowest BCUT2D eigenvalue weighted by atomic mass is 9.93. The van der Waals surface area contributed by atoms with Gasteiger partial charge in [0, 0.05) is 0 Å². The highest BCUT2D eigenvalue weighted by molar-refractivity contribution is 5.73. The molecule has 0 bridgehead atoms. The second kappa shape index (κ2) is 6.75. The summed E-state index contributed by atoms with van der Waals surface area (Å²) in [5.41, 5.74) is 6.12. The van der Waals surface area contributed by atoms with E-state index in [2.05, 4.69) is 0 Å². The van der Waals surface area contributed by atoms with Gasteiger partial charge in [-0.15, -0.1) is 0 Å². The molecule has 0 saturated heterocycles. The summed E-state index contributed by atoms with van der Waals surface area (Å²) in [4.78, 5) is 21.7. The van der Waals surface area contributed by atoms with E-state index in [4.69, 9.17) is 21.1 Å². The van der Waals surface area contributed by atoms with E-state index in [1.165, 1.54) is 12.1 Å². The molecule has 0 radical (unpaired) electrons. The number of rotatable bonds is 7. The van der Waals surface area contributed by atoms with Crippen LogP contribution in [0.25, 0.3) is 0 Å². The van der Waals surface area contributed by atoms with Gasteiger partial charge < -0.3 is 21.1 Å². The van der Waals surface area contributed by atoms with Crippen LogP contribution in [0.15, 0.2) is 24.3 Å². The molecule has 0 heterocycles. The molecule has 104 valence electrons. The standard InChI is InChI=1S/C13H17NO5/c14-11(13(18)19)6-3-9(12(16)17)7-8-1-4-10(15)5-2-8/h1-2,4-5,9,11,15H,3,6-7,14H2,(H,16,17)(H,18,19). The van der Waals surface area contributed by atoms with Crippen molar-refractivity contribution in [1.29, 1.82) is 0 Å². The lowest BCUT2D eigenvalue weighted by molar-refractivity contribution is -0.143. The van der Waals surface area contributed by atoms with E-state index in [9.17, 15) is 9.59 Å². The quantitative estimate of drug-likeness (QED) is 0.580. The first-order valence-electron chi connectivity index (χ1n) is 5.89. The fourth-order valence-electron chi connectivity index (χ4n) is 1.73. The molecule has 0 fully saturated rings. The van der Waals surface area contributed by atoms with Gasteiger partial charge >= 0.3 is 11.9 Å². The molecule has 19 heavy (non-hydrogen) atoms. The molecule has 0 aliphatic carbocycles. The predicted molar refractivity (Wildman–Crippen MR) is 67.8 cm³/mol. The maximum atomic E-state index is 11.1. The van der Waals surface area contributed by atoms with Crippen molar-refractivity contribution >= 4 is 11.9 Å². The zero-order valence-corrected chi connectivity index (χ0v) is 10.3. The summed E-state index contributed by atoms with van der Waals surface area (Å²) in [7, 11) is 0. The Bertz CT molecular complexity index is 443. The predicted octanol–water partition coefficient (Wildman–Crippen LogP) is 0.828. The van der Waals surface area contributed by atoms with Crippen LogP contribution >= 0.6 is 0 Å². The Labute approximate surface area is 110 Å². The van der Waals surface area contributed by atoms with Crippen LogP contribution in [0.1, 0.15) is 18.4 Å². The number of aliphatic carboxylic acids is 2. The minimum atomic E-state index is -1.13. The molecule has 6 nitrogen and oxygen atoms in total. The Kier molecular flexibility index (Phi) is 5.32. The van der Waals surface area contributed by atoms with Gasteiger partial charge in [0.2, 0.25) is 0 Å². The molecule has 0 amide bonds. The lowest BCUT2D eigenvalue weighted by Crippen LogP contribution is -2.31. The maximum absolute atomic E-state index is 11.1. The van der Waals surface area contributed by atoms with Crippen molar-refractivity contribution < 1.29 is 24.9 Å². The summed E-state index contributed by atoms with van der Waals surface area (Å²) < 4.78 is 0. The van der Waals surface area contributed by atoms with E-state index >= 15 is 0 Å². The second-order valence-electron chi connectivity index (χ2n) is 4.43. The average molecular weight is 267 g/mol. The summed E-state index contributed by atoms with van der Waals surface area (Å²) in [5.74, 6) is -2.68. The zero-order valence-electron chi connectivity index (χ0n) is 10.3. The van der Waals surface area contributed by atoms with Crippen LogP contribution < -0.4 is 5.73 Å². The summed E-state index contributed by atoms with van der Waals surface area (Å²) in [6.45, 7) is 0. The topological polar surface area (TPSA) is 121 Å². The number of carboxylic acids is 2. The number of hydrogen-bond acceptors (Lipinski definition) is 4. The Morgan fingerprint density at radius 3 is 2.11 bits per heavy atom. The first kappa shape index (κ1) is 15.0. The third-order valence-corrected chi connectivity index (χ3v) is 2.91. The molecule has 0 aliphatic rings. The zero-order chi connectivity index (χ0) is 14.4. The van der Waals surface area contributed by atoms with Gasteiger partial charge in [-0.1, -0.05) is 12.1 Å². The molecule has 0 aromatic heterocycles. The van der Waals surface area contributed by atoms with Crippen molar-refractivity contribution in [2.75, 3.05) is 0 Å². The summed E-state index contributed by atoms with van der Waals surface area (Å²) in [6.07, 6.45) is 0.593. The normalized spacial score (nSPS) is 13.7. The van der Waals surface area contributed by atoms with Crippen molar-refractivity contribution in [1.82, 2.24) is 0 Å². The average Bonchev–Trinajstić information content (AvgIpc) is 2.35. The van der Waals surface area contributed by atoms with Gasteiger partial charge in [0.15, 0.2) is 0 Å². The number of carboxylic acid groups (broad SMARTS) is 2. The molecule has 1 aromatic carbocycles. The van der Waals surface area contributed by atoms with Gasteiger partial charge in [0.1, 0.15) is 11.8 Å². The van der Waals surface area contributed by atoms with Gasteiger partial charge in [-0.05, 0) is 37.0 Å². The molecular formula is C13H17NO5. The molecule has 0 saturated carbocycles. The minimum Gasteiger partial charge on any atom is -0.508 e. The number of phenols is 1. The first-order chi connectivity index (χ1) is 8.90. The van der Waals surface area contributed by atoms with Crippen LogP contribution in [-0.4, -0.2) is 33.3 Å². The molecule has 1 rings (SSSR count). The summed E-state index contributed by atoms with van der Waals surface area (Å²) in [5, 5.41) is 26.9. The van der Waals surface area contributed by atoms with Gasteiger partial charge in [-0.25, -0.2) is 0 Å². The number of nitrogens with two attached hydrogens (primary N) is 1. The largest absolute Gasteiger partial charge is 0.508 e. The second-order valence-corrected chi connectivity index (χ2v) is 4.43. The Hall–Kier alpha value is -2.08. The summed E-state index contributed by atoms with van der Waals surface area (Å²) >= 11 is 0. The van der Waals surface area contributed by atoms with E-state index in [1.807, 2.05) is 0 Å². The fraction of sp³-hybridized carbons (Fsp3) is 0.385. The molecule has 5 N–H and O–H groups in total. The van der Waals surface area contributed by atoms with Gasteiger partial charge in [-0.3, -0.25) is 9.59 Å². The molecule has 0 spiro atoms. The number of phenolic OH excluding ortho intramolecular Hbond substituents is 1. The van der Waals surface area contributed by atoms with Crippen LogP contribution in [0.5, 0.6) is 5.75 Å². The van der Waals surface area contributed by atoms with Crippen molar-refractivity contribution in [2.24, 2.45) is 11.7 Å². The number of benzene rings is 1. The smallest absolute Gasteiger partial charge is 0.320 e. The molecular weight excluding hydrogens is 250 g/mol. The van der Waals surface area contributed by atoms with Crippen LogP contribution in [0, 0.1) is 5.92 Å². The highest BCUT2D eigenvalue weighted by Gasteiger charge is 2.21. The molecule has 2 unspecified atom stereocenters. The Morgan fingerprint density at radius 2 is 1.63 bits per heavy atom. The van der Waals surface area contributed by atoms with Crippen molar-refractivity contribution in [3.8, 4) is 5.75 Å². The van der Waals surface area contributed by atoms with Crippen molar-refractivity contribution in [3.63, 3.8) is 0 Å². The Balaban J connectivity index is 2.60. The van der Waals surface area contributed by atoms with E-state index < -0.39 is 23.9 Å². The minimum absolute atomic E-state index is 0.114. The van der Waals surface area contributed by atoms with Crippen LogP contribution in [0.4, 0.5) is 0 Å². The van der Waals surface area contributed by atoms with E-state index in [0.717, 1.165) is 5.56 Å². The number of aromatic hydroxyl groups is 1. The third kappa shape index (κ3) is 4.97. The molecule has 6 heteroatoms. The lowest BCUT2D eigenvalue weighted by Gasteiger charge is -2.14.